The van der Waals surface area contributed by atoms with Crippen LogP contribution in [0, 0.1) is 19.8 Å². The van der Waals surface area contributed by atoms with Gasteiger partial charge in [0.15, 0.2) is 0 Å². The number of aryl methyl sites for hydroxylation is 1. The van der Waals surface area contributed by atoms with E-state index in [0.29, 0.717) is 19.0 Å². The molecule has 1 atom stereocenters. The second-order valence-corrected chi connectivity index (χ2v) is 7.64. The van der Waals surface area contributed by atoms with Crippen LogP contribution in [0.2, 0.25) is 0 Å². The van der Waals surface area contributed by atoms with Gasteiger partial charge in [-0.1, -0.05) is 19.1 Å². The van der Waals surface area contributed by atoms with Crippen LogP contribution in [-0.4, -0.2) is 48.9 Å². The van der Waals surface area contributed by atoms with Gasteiger partial charge in [0, 0.05) is 31.2 Å². The normalized spacial score (nSPS) is 21.3. The Hall–Kier alpha value is -1.88. The molecule has 1 N–H and O–H groups in total. The van der Waals surface area contributed by atoms with Crippen LogP contribution in [-0.2, 0) is 9.59 Å². The van der Waals surface area contributed by atoms with E-state index in [1.54, 1.807) is 0 Å². The fraction of sp³-hybridized carbons (Fsp3) is 0.619. The molecule has 0 aromatic heterocycles. The van der Waals surface area contributed by atoms with Crippen LogP contribution in [0.25, 0.3) is 0 Å². The Balaban J connectivity index is 1.75. The average Bonchev–Trinajstić information content (AvgIpc) is 3.04. The van der Waals surface area contributed by atoms with E-state index >= 15 is 0 Å². The second kappa shape index (κ2) is 8.21. The van der Waals surface area contributed by atoms with E-state index in [1.165, 1.54) is 5.56 Å². The molecule has 0 spiro atoms. The topological polar surface area (TPSA) is 52.7 Å². The summed E-state index contributed by atoms with van der Waals surface area (Å²) in [6, 6.07) is 6.35. The van der Waals surface area contributed by atoms with Crippen molar-refractivity contribution in [1.82, 2.24) is 10.2 Å². The van der Waals surface area contributed by atoms with Crippen LogP contribution in [0.15, 0.2) is 18.2 Å². The van der Waals surface area contributed by atoms with E-state index in [1.807, 2.05) is 24.0 Å². The molecule has 5 heteroatoms. The minimum Gasteiger partial charge on any atom is -0.339 e. The van der Waals surface area contributed by atoms with Gasteiger partial charge in [0.05, 0.1) is 5.92 Å². The summed E-state index contributed by atoms with van der Waals surface area (Å²) in [5.41, 5.74) is 3.25. The lowest BCUT2D eigenvalue weighted by Crippen LogP contribution is -2.48. The molecule has 0 radical (unpaired) electrons. The minimum absolute atomic E-state index is 0.0683. The number of hydrogen-bond acceptors (Lipinski definition) is 3. The molecular weight excluding hydrogens is 326 g/mol. The molecule has 1 unspecified atom stereocenters. The number of carbonyl (C=O) groups excluding carboxylic acids is 2. The fourth-order valence-corrected chi connectivity index (χ4v) is 4.20. The first-order chi connectivity index (χ1) is 12.5. The molecule has 2 saturated heterocycles. The van der Waals surface area contributed by atoms with E-state index in [4.69, 9.17) is 0 Å². The lowest BCUT2D eigenvalue weighted by Gasteiger charge is -2.36. The van der Waals surface area contributed by atoms with Gasteiger partial charge in [-0.3, -0.25) is 9.59 Å². The number of amides is 2. The lowest BCUT2D eigenvalue weighted by molar-refractivity contribution is -0.138. The first kappa shape index (κ1) is 18.9. The number of piperidine rings is 1. The minimum atomic E-state index is -0.219. The maximum absolute atomic E-state index is 13.2. The zero-order chi connectivity index (χ0) is 18.7. The summed E-state index contributed by atoms with van der Waals surface area (Å²) in [5, 5.41) is 3.37. The lowest BCUT2D eigenvalue weighted by atomic mass is 10.0. The second-order valence-electron chi connectivity index (χ2n) is 7.64. The summed E-state index contributed by atoms with van der Waals surface area (Å²) >= 11 is 0. The van der Waals surface area contributed by atoms with E-state index in [2.05, 4.69) is 30.1 Å². The smallest absolute Gasteiger partial charge is 0.228 e. The number of hydrogen-bond donors (Lipinski definition) is 1. The van der Waals surface area contributed by atoms with Crippen LogP contribution >= 0.6 is 0 Å². The summed E-state index contributed by atoms with van der Waals surface area (Å²) in [6.07, 6.45) is 3.30. The SMILES string of the molecule is CCCN(C(=O)C1CC(=O)N(c2cccc(C)c2C)C1)C1CCNCC1. The highest BCUT2D eigenvalue weighted by atomic mass is 16.2. The van der Waals surface area contributed by atoms with E-state index in [-0.39, 0.29) is 17.7 Å². The van der Waals surface area contributed by atoms with Gasteiger partial charge in [-0.25, -0.2) is 0 Å². The molecule has 2 aliphatic heterocycles. The third kappa shape index (κ3) is 3.78. The predicted molar refractivity (Wildman–Crippen MR) is 104 cm³/mol. The predicted octanol–water partition coefficient (Wildman–Crippen LogP) is 2.65. The molecule has 26 heavy (non-hydrogen) atoms. The van der Waals surface area contributed by atoms with Crippen LogP contribution < -0.4 is 10.2 Å². The number of nitrogens with one attached hydrogen (secondary N) is 1. The number of carbonyl (C=O) groups is 2. The third-order valence-corrected chi connectivity index (χ3v) is 5.84. The number of anilines is 1. The van der Waals surface area contributed by atoms with Gasteiger partial charge >= 0.3 is 0 Å². The van der Waals surface area contributed by atoms with E-state index in [9.17, 15) is 9.59 Å². The van der Waals surface area contributed by atoms with Crippen molar-refractivity contribution in [2.24, 2.45) is 5.92 Å². The van der Waals surface area contributed by atoms with Gasteiger partial charge in [-0.15, -0.1) is 0 Å². The molecule has 1 aromatic rings. The molecule has 0 bridgehead atoms. The van der Waals surface area contributed by atoms with Crippen molar-refractivity contribution in [3.8, 4) is 0 Å². The van der Waals surface area contributed by atoms with Crippen molar-refractivity contribution in [2.45, 2.75) is 52.5 Å². The van der Waals surface area contributed by atoms with Gasteiger partial charge in [-0.2, -0.15) is 0 Å². The zero-order valence-corrected chi connectivity index (χ0v) is 16.3. The van der Waals surface area contributed by atoms with Crippen molar-refractivity contribution in [3.05, 3.63) is 29.3 Å². The monoisotopic (exact) mass is 357 g/mol. The maximum Gasteiger partial charge on any atom is 0.228 e. The summed E-state index contributed by atoms with van der Waals surface area (Å²) in [6.45, 7) is 9.45. The summed E-state index contributed by atoms with van der Waals surface area (Å²) < 4.78 is 0. The van der Waals surface area contributed by atoms with Crippen molar-refractivity contribution in [1.29, 1.82) is 0 Å². The molecule has 2 heterocycles. The Morgan fingerprint density at radius 2 is 2.00 bits per heavy atom. The highest BCUT2D eigenvalue weighted by Crippen LogP contribution is 2.31. The van der Waals surface area contributed by atoms with Crippen LogP contribution in [0.1, 0.15) is 43.7 Å². The van der Waals surface area contributed by atoms with Crippen LogP contribution in [0.3, 0.4) is 0 Å². The quantitative estimate of drug-likeness (QED) is 0.881. The molecule has 0 aliphatic carbocycles. The Morgan fingerprint density at radius 3 is 2.69 bits per heavy atom. The molecule has 2 aliphatic rings. The van der Waals surface area contributed by atoms with Gasteiger partial charge < -0.3 is 15.1 Å². The zero-order valence-electron chi connectivity index (χ0n) is 16.3. The van der Waals surface area contributed by atoms with Gasteiger partial charge in [0.25, 0.3) is 0 Å². The highest BCUT2D eigenvalue weighted by Gasteiger charge is 2.39. The summed E-state index contributed by atoms with van der Waals surface area (Å²) in [5.74, 6) is 0.0163. The number of nitrogens with zero attached hydrogens (tertiary/aromatic N) is 2. The molecule has 2 amide bonds. The first-order valence-electron chi connectivity index (χ1n) is 9.90. The molecule has 142 valence electrons. The van der Waals surface area contributed by atoms with E-state index < -0.39 is 0 Å². The molecule has 2 fully saturated rings. The Morgan fingerprint density at radius 1 is 1.27 bits per heavy atom. The fourth-order valence-electron chi connectivity index (χ4n) is 4.20. The van der Waals surface area contributed by atoms with Crippen molar-refractivity contribution in [3.63, 3.8) is 0 Å². The Kier molecular flexibility index (Phi) is 5.97. The summed E-state index contributed by atoms with van der Waals surface area (Å²) in [7, 11) is 0. The molecule has 3 rings (SSSR count). The maximum atomic E-state index is 13.2. The van der Waals surface area contributed by atoms with Gasteiger partial charge in [0.2, 0.25) is 11.8 Å². The summed E-state index contributed by atoms with van der Waals surface area (Å²) in [4.78, 5) is 29.8. The van der Waals surface area contributed by atoms with Crippen LogP contribution in [0.5, 0.6) is 0 Å². The largest absolute Gasteiger partial charge is 0.339 e. The Labute approximate surface area is 156 Å². The Bertz CT molecular complexity index is 667. The van der Waals surface area contributed by atoms with E-state index in [0.717, 1.165) is 50.1 Å². The molecule has 1 aromatic carbocycles. The molecule has 0 saturated carbocycles. The van der Waals surface area contributed by atoms with Crippen LogP contribution in [0.4, 0.5) is 5.69 Å². The number of rotatable bonds is 5. The standard InChI is InChI=1S/C21H31N3O2/c1-4-12-23(18-8-10-22-11-9-18)21(26)17-13-20(25)24(14-17)19-7-5-6-15(2)16(19)3/h5-7,17-18,22H,4,8-14H2,1-3H3. The van der Waals surface area contributed by atoms with Crippen molar-refractivity contribution in [2.75, 3.05) is 31.1 Å². The first-order valence-corrected chi connectivity index (χ1v) is 9.90. The van der Waals surface area contributed by atoms with Gasteiger partial charge in [-0.05, 0) is 63.4 Å². The molecular formula is C21H31N3O2. The van der Waals surface area contributed by atoms with Crippen molar-refractivity contribution >= 4 is 17.5 Å². The van der Waals surface area contributed by atoms with Crippen molar-refractivity contribution < 1.29 is 9.59 Å². The number of benzene rings is 1. The van der Waals surface area contributed by atoms with Gasteiger partial charge in [0.1, 0.15) is 0 Å². The molecule has 5 nitrogen and oxygen atoms in total. The third-order valence-electron chi connectivity index (χ3n) is 5.84. The average molecular weight is 357 g/mol. The highest BCUT2D eigenvalue weighted by molar-refractivity contribution is 6.01.